The third kappa shape index (κ3) is 2.30. The number of fused-ring (bicyclic) bond motifs is 5. The standard InChI is InChI=1S/C20H14N6/c1-14-5-8-18-20(10-14)26-16(12-23-24-26)11-19-17(22-13-25(18)19)7-6-15-4-2-3-9-21-15/h2-5,8-10,12-13H,11H2,1H3. The minimum Gasteiger partial charge on any atom is -0.299 e. The van der Waals surface area contributed by atoms with Gasteiger partial charge in [-0.2, -0.15) is 0 Å². The molecule has 0 saturated heterocycles. The van der Waals surface area contributed by atoms with Crippen LogP contribution in [0.5, 0.6) is 0 Å². The van der Waals surface area contributed by atoms with Gasteiger partial charge in [-0.15, -0.1) is 5.10 Å². The summed E-state index contributed by atoms with van der Waals surface area (Å²) in [6.45, 7) is 2.07. The Kier molecular flexibility index (Phi) is 3.19. The zero-order valence-electron chi connectivity index (χ0n) is 14.1. The molecule has 0 spiro atoms. The van der Waals surface area contributed by atoms with Gasteiger partial charge < -0.3 is 0 Å². The number of aryl methyl sites for hydroxylation is 1. The van der Waals surface area contributed by atoms with Crippen molar-refractivity contribution >= 4 is 0 Å². The maximum absolute atomic E-state index is 4.54. The van der Waals surface area contributed by atoms with Crippen molar-refractivity contribution < 1.29 is 0 Å². The molecule has 0 atom stereocenters. The average molecular weight is 338 g/mol. The van der Waals surface area contributed by atoms with Crippen LogP contribution in [0.1, 0.15) is 28.3 Å². The van der Waals surface area contributed by atoms with Crippen molar-refractivity contribution in [3.8, 4) is 23.2 Å². The Balaban J connectivity index is 1.69. The fourth-order valence-electron chi connectivity index (χ4n) is 3.17. The van der Waals surface area contributed by atoms with Crippen molar-refractivity contribution in [2.24, 2.45) is 0 Å². The summed E-state index contributed by atoms with van der Waals surface area (Å²) in [6.07, 6.45) is 6.02. The Morgan fingerprint density at radius 3 is 2.88 bits per heavy atom. The number of hydrogen-bond donors (Lipinski definition) is 0. The zero-order valence-corrected chi connectivity index (χ0v) is 14.1. The van der Waals surface area contributed by atoms with Crippen molar-refractivity contribution in [3.63, 3.8) is 0 Å². The average Bonchev–Trinajstić information content (AvgIpc) is 3.26. The molecule has 3 aromatic heterocycles. The summed E-state index contributed by atoms with van der Waals surface area (Å²) < 4.78 is 3.98. The van der Waals surface area contributed by atoms with Gasteiger partial charge in [0, 0.05) is 12.6 Å². The number of rotatable bonds is 0. The van der Waals surface area contributed by atoms with Gasteiger partial charge in [0.15, 0.2) is 0 Å². The predicted molar refractivity (Wildman–Crippen MR) is 96.2 cm³/mol. The van der Waals surface area contributed by atoms with E-state index in [2.05, 4.69) is 61.8 Å². The normalized spacial score (nSPS) is 11.6. The summed E-state index contributed by atoms with van der Waals surface area (Å²) >= 11 is 0. The van der Waals surface area contributed by atoms with Crippen molar-refractivity contribution in [2.75, 3.05) is 0 Å². The first-order valence-electron chi connectivity index (χ1n) is 8.30. The van der Waals surface area contributed by atoms with Gasteiger partial charge in [-0.1, -0.05) is 17.3 Å². The minimum atomic E-state index is 0.660. The van der Waals surface area contributed by atoms with Gasteiger partial charge in [0.2, 0.25) is 0 Å². The third-order valence-corrected chi connectivity index (χ3v) is 4.43. The molecule has 124 valence electrons. The van der Waals surface area contributed by atoms with Crippen molar-refractivity contribution in [1.29, 1.82) is 0 Å². The fraction of sp³-hybridized carbons (Fsp3) is 0.100. The highest BCUT2D eigenvalue weighted by Gasteiger charge is 2.22. The summed E-state index contributed by atoms with van der Waals surface area (Å²) in [6, 6.07) is 12.0. The topological polar surface area (TPSA) is 61.4 Å². The fourth-order valence-corrected chi connectivity index (χ4v) is 3.17. The van der Waals surface area contributed by atoms with Crippen molar-refractivity contribution in [2.45, 2.75) is 13.3 Å². The van der Waals surface area contributed by atoms with Crippen LogP contribution in [-0.2, 0) is 6.42 Å². The molecule has 0 unspecified atom stereocenters. The Hall–Kier alpha value is -3.72. The second-order valence-electron chi connectivity index (χ2n) is 6.18. The van der Waals surface area contributed by atoms with Gasteiger partial charge in [0.25, 0.3) is 0 Å². The lowest BCUT2D eigenvalue weighted by Gasteiger charge is -2.10. The monoisotopic (exact) mass is 338 g/mol. The lowest BCUT2D eigenvalue weighted by atomic mass is 10.2. The first-order valence-corrected chi connectivity index (χ1v) is 8.30. The van der Waals surface area contributed by atoms with Crippen LogP contribution >= 0.6 is 0 Å². The molecule has 6 nitrogen and oxygen atoms in total. The molecule has 1 aromatic carbocycles. The Morgan fingerprint density at radius 2 is 2.00 bits per heavy atom. The van der Waals surface area contributed by atoms with E-state index in [-0.39, 0.29) is 0 Å². The van der Waals surface area contributed by atoms with Gasteiger partial charge in [0.05, 0.1) is 29.0 Å². The predicted octanol–water partition coefficient (Wildman–Crippen LogP) is 2.46. The number of imidazole rings is 1. The molecule has 4 heterocycles. The van der Waals surface area contributed by atoms with Gasteiger partial charge in [-0.3, -0.25) is 4.57 Å². The highest BCUT2D eigenvalue weighted by Crippen LogP contribution is 2.28. The molecule has 6 heteroatoms. The number of pyridine rings is 1. The quantitative estimate of drug-likeness (QED) is 0.407. The molecule has 0 fully saturated rings. The zero-order chi connectivity index (χ0) is 17.5. The van der Waals surface area contributed by atoms with Crippen LogP contribution < -0.4 is 0 Å². The van der Waals surface area contributed by atoms with Crippen molar-refractivity contribution in [3.05, 3.63) is 83.5 Å². The summed E-state index contributed by atoms with van der Waals surface area (Å²) in [7, 11) is 0. The first-order chi connectivity index (χ1) is 12.8. The van der Waals surface area contributed by atoms with Crippen LogP contribution in [0.3, 0.4) is 0 Å². The SMILES string of the molecule is Cc1ccc2c(c1)-n1nncc1Cc1c(C#Cc3ccccn3)ncn1-2. The summed E-state index contributed by atoms with van der Waals surface area (Å²) in [4.78, 5) is 8.79. The number of aromatic nitrogens is 6. The van der Waals surface area contributed by atoms with Crippen LogP contribution in [-0.4, -0.2) is 29.5 Å². The molecule has 26 heavy (non-hydrogen) atoms. The van der Waals surface area contributed by atoms with Gasteiger partial charge in [-0.05, 0) is 48.6 Å². The second-order valence-corrected chi connectivity index (χ2v) is 6.18. The molecular formula is C20H14N6. The molecular weight excluding hydrogens is 324 g/mol. The van der Waals surface area contributed by atoms with E-state index in [4.69, 9.17) is 0 Å². The van der Waals surface area contributed by atoms with E-state index >= 15 is 0 Å². The van der Waals surface area contributed by atoms with Gasteiger partial charge >= 0.3 is 0 Å². The van der Waals surface area contributed by atoms with Crippen LogP contribution in [0.4, 0.5) is 0 Å². The van der Waals surface area contributed by atoms with Gasteiger partial charge in [-0.25, -0.2) is 14.6 Å². The van der Waals surface area contributed by atoms with Crippen molar-refractivity contribution in [1.82, 2.24) is 29.5 Å². The molecule has 0 amide bonds. The lowest BCUT2D eigenvalue weighted by molar-refractivity contribution is 0.777. The van der Waals surface area contributed by atoms with Gasteiger partial charge in [0.1, 0.15) is 17.7 Å². The second kappa shape index (κ2) is 5.67. The van der Waals surface area contributed by atoms with Crippen LogP contribution in [0.25, 0.3) is 11.4 Å². The number of hydrogen-bond acceptors (Lipinski definition) is 4. The molecule has 0 radical (unpaired) electrons. The minimum absolute atomic E-state index is 0.660. The Labute approximate surface area is 150 Å². The van der Waals surface area contributed by atoms with Crippen LogP contribution in [0.2, 0.25) is 0 Å². The molecule has 5 rings (SSSR count). The summed E-state index contributed by atoms with van der Waals surface area (Å²) in [5.74, 6) is 6.26. The summed E-state index contributed by atoms with van der Waals surface area (Å²) in [5, 5.41) is 8.36. The van der Waals surface area contributed by atoms with E-state index < -0.39 is 0 Å². The lowest BCUT2D eigenvalue weighted by Crippen LogP contribution is -2.03. The maximum atomic E-state index is 4.54. The van der Waals surface area contributed by atoms with E-state index in [9.17, 15) is 0 Å². The van der Waals surface area contributed by atoms with E-state index in [1.54, 1.807) is 12.4 Å². The molecule has 4 aromatic rings. The largest absolute Gasteiger partial charge is 0.299 e. The van der Waals surface area contributed by atoms with Crippen LogP contribution in [0, 0.1) is 18.8 Å². The smallest absolute Gasteiger partial charge is 0.135 e. The highest BCUT2D eigenvalue weighted by atomic mass is 15.4. The first kappa shape index (κ1) is 14.6. The molecule has 0 aliphatic carbocycles. The molecule has 0 saturated carbocycles. The van der Waals surface area contributed by atoms with E-state index in [1.165, 1.54) is 5.56 Å². The van der Waals surface area contributed by atoms with E-state index in [1.807, 2.05) is 29.2 Å². The third-order valence-electron chi connectivity index (χ3n) is 4.43. The van der Waals surface area contributed by atoms with Crippen LogP contribution in [0.15, 0.2) is 55.1 Å². The molecule has 1 aliphatic rings. The molecule has 0 bridgehead atoms. The highest BCUT2D eigenvalue weighted by molar-refractivity contribution is 5.58. The Bertz CT molecular complexity index is 1170. The van der Waals surface area contributed by atoms with E-state index in [0.29, 0.717) is 6.42 Å². The molecule has 0 N–H and O–H groups in total. The summed E-state index contributed by atoms with van der Waals surface area (Å²) in [5.41, 5.74) is 6.70. The molecule has 1 aliphatic heterocycles. The number of benzene rings is 1. The number of nitrogens with zero attached hydrogens (tertiary/aromatic N) is 6. The maximum Gasteiger partial charge on any atom is 0.135 e. The Morgan fingerprint density at radius 1 is 1.04 bits per heavy atom. The van der Waals surface area contributed by atoms with E-state index in [0.717, 1.165) is 34.2 Å².